The van der Waals surface area contributed by atoms with Gasteiger partial charge in [0, 0.05) is 13.1 Å². The van der Waals surface area contributed by atoms with Crippen molar-refractivity contribution in [2.75, 3.05) is 23.7 Å². The molecule has 5 nitrogen and oxygen atoms in total. The number of aryl methyl sites for hydroxylation is 1. The highest BCUT2D eigenvalue weighted by Crippen LogP contribution is 2.24. The van der Waals surface area contributed by atoms with Crippen LogP contribution in [0.25, 0.3) is 0 Å². The summed E-state index contributed by atoms with van der Waals surface area (Å²) in [6, 6.07) is 6.47. The molecule has 1 aromatic rings. The fourth-order valence-corrected chi connectivity index (χ4v) is 4.32. The Bertz CT molecular complexity index is 655. The van der Waals surface area contributed by atoms with E-state index < -0.39 is 16.1 Å². The van der Waals surface area contributed by atoms with Crippen LogP contribution in [0.5, 0.6) is 0 Å². The van der Waals surface area contributed by atoms with Gasteiger partial charge in [-0.3, -0.25) is 9.10 Å². The van der Waals surface area contributed by atoms with Crippen LogP contribution in [0.4, 0.5) is 5.69 Å². The number of carbonyl (C=O) groups is 1. The third-order valence-electron chi connectivity index (χ3n) is 4.32. The van der Waals surface area contributed by atoms with E-state index in [1.54, 1.807) is 24.0 Å². The molecule has 1 fully saturated rings. The third kappa shape index (κ3) is 4.25. The monoisotopic (exact) mass is 338 g/mol. The first-order valence-electron chi connectivity index (χ1n) is 8.05. The lowest BCUT2D eigenvalue weighted by atomic mass is 10.00. The van der Waals surface area contributed by atoms with Crippen molar-refractivity contribution < 1.29 is 13.2 Å². The van der Waals surface area contributed by atoms with Crippen LogP contribution in [0.1, 0.15) is 32.3 Å². The van der Waals surface area contributed by atoms with Gasteiger partial charge in [0.1, 0.15) is 6.04 Å². The van der Waals surface area contributed by atoms with Crippen LogP contribution in [-0.2, 0) is 14.8 Å². The quantitative estimate of drug-likeness (QED) is 0.847. The molecule has 23 heavy (non-hydrogen) atoms. The molecule has 0 bridgehead atoms. The van der Waals surface area contributed by atoms with Gasteiger partial charge in [0.05, 0.1) is 11.9 Å². The van der Waals surface area contributed by atoms with Crippen molar-refractivity contribution in [3.05, 3.63) is 29.8 Å². The second kappa shape index (κ2) is 6.91. The standard InChI is InChI=1S/C17H26N2O3S/c1-13-7-9-16(10-8-13)19(23(4,21)22)15(3)17(20)18-11-5-6-14(2)12-18/h7-10,14-15H,5-6,11-12H2,1-4H3/t14-,15-/m1/s1. The number of rotatable bonds is 4. The Labute approximate surface area is 139 Å². The van der Waals surface area contributed by atoms with Crippen LogP contribution in [0.3, 0.4) is 0 Å². The van der Waals surface area contributed by atoms with Crippen LogP contribution in [0.2, 0.25) is 0 Å². The van der Waals surface area contributed by atoms with Gasteiger partial charge >= 0.3 is 0 Å². The number of hydrogen-bond donors (Lipinski definition) is 0. The van der Waals surface area contributed by atoms with Crippen molar-refractivity contribution in [3.8, 4) is 0 Å². The summed E-state index contributed by atoms with van der Waals surface area (Å²) in [4.78, 5) is 14.6. The van der Waals surface area contributed by atoms with E-state index in [9.17, 15) is 13.2 Å². The highest BCUT2D eigenvalue weighted by atomic mass is 32.2. The Morgan fingerprint density at radius 2 is 1.91 bits per heavy atom. The normalized spacial score (nSPS) is 20.2. The first-order valence-corrected chi connectivity index (χ1v) is 9.90. The van der Waals surface area contributed by atoms with Gasteiger partial charge in [0.25, 0.3) is 0 Å². The summed E-state index contributed by atoms with van der Waals surface area (Å²) in [6.45, 7) is 7.15. The zero-order valence-electron chi connectivity index (χ0n) is 14.3. The van der Waals surface area contributed by atoms with Crippen molar-refractivity contribution in [3.63, 3.8) is 0 Å². The SMILES string of the molecule is Cc1ccc(N([C@H](C)C(=O)N2CCC[C@@H](C)C2)S(C)(=O)=O)cc1. The number of hydrogen-bond acceptors (Lipinski definition) is 3. The van der Waals surface area contributed by atoms with Gasteiger partial charge in [0.2, 0.25) is 15.9 Å². The number of piperidine rings is 1. The van der Waals surface area contributed by atoms with Crippen molar-refractivity contribution in [1.29, 1.82) is 0 Å². The van der Waals surface area contributed by atoms with E-state index >= 15 is 0 Å². The van der Waals surface area contributed by atoms with Crippen LogP contribution in [0.15, 0.2) is 24.3 Å². The number of benzene rings is 1. The molecular formula is C17H26N2O3S. The third-order valence-corrected chi connectivity index (χ3v) is 5.57. The molecule has 0 aromatic heterocycles. The van der Waals surface area contributed by atoms with Gasteiger partial charge < -0.3 is 4.90 Å². The number of nitrogens with zero attached hydrogens (tertiary/aromatic N) is 2. The largest absolute Gasteiger partial charge is 0.341 e. The van der Waals surface area contributed by atoms with Gasteiger partial charge in [-0.25, -0.2) is 8.42 Å². The molecule has 0 saturated carbocycles. The van der Waals surface area contributed by atoms with Crippen molar-refractivity contribution >= 4 is 21.6 Å². The first kappa shape index (κ1) is 17.8. The van der Waals surface area contributed by atoms with Crippen LogP contribution in [0, 0.1) is 12.8 Å². The molecule has 1 aliphatic heterocycles. The molecule has 1 heterocycles. The van der Waals surface area contributed by atoms with Crippen LogP contribution in [-0.4, -0.2) is 44.6 Å². The smallest absolute Gasteiger partial charge is 0.246 e. The average Bonchev–Trinajstić information content (AvgIpc) is 2.47. The lowest BCUT2D eigenvalue weighted by Gasteiger charge is -2.36. The van der Waals surface area contributed by atoms with Crippen molar-refractivity contribution in [1.82, 2.24) is 4.90 Å². The summed E-state index contributed by atoms with van der Waals surface area (Å²) in [6.07, 6.45) is 3.24. The zero-order valence-corrected chi connectivity index (χ0v) is 15.1. The van der Waals surface area contributed by atoms with Gasteiger partial charge in [-0.05, 0) is 44.7 Å². The lowest BCUT2D eigenvalue weighted by Crippen LogP contribution is -2.51. The van der Waals surface area contributed by atoms with E-state index in [0.29, 0.717) is 24.7 Å². The second-order valence-corrected chi connectivity index (χ2v) is 8.46. The summed E-state index contributed by atoms with van der Waals surface area (Å²) in [5.41, 5.74) is 1.58. The van der Waals surface area contributed by atoms with Crippen LogP contribution >= 0.6 is 0 Å². The Morgan fingerprint density at radius 1 is 1.30 bits per heavy atom. The molecule has 2 rings (SSSR count). The maximum atomic E-state index is 12.8. The minimum absolute atomic E-state index is 0.123. The summed E-state index contributed by atoms with van der Waals surface area (Å²) >= 11 is 0. The predicted molar refractivity (Wildman–Crippen MR) is 92.9 cm³/mol. The maximum Gasteiger partial charge on any atom is 0.246 e. The molecule has 1 aliphatic rings. The van der Waals surface area contributed by atoms with Gasteiger partial charge in [-0.2, -0.15) is 0 Å². The second-order valence-electron chi connectivity index (χ2n) is 6.60. The maximum absolute atomic E-state index is 12.8. The molecule has 0 unspecified atom stereocenters. The van der Waals surface area contributed by atoms with Gasteiger partial charge in [0.15, 0.2) is 0 Å². The zero-order chi connectivity index (χ0) is 17.2. The molecule has 128 valence electrons. The minimum atomic E-state index is -3.54. The molecule has 0 aliphatic carbocycles. The molecule has 0 N–H and O–H groups in total. The van der Waals surface area contributed by atoms with E-state index in [2.05, 4.69) is 6.92 Å². The van der Waals surface area contributed by atoms with E-state index in [1.807, 2.05) is 19.1 Å². The summed E-state index contributed by atoms with van der Waals surface area (Å²) < 4.78 is 25.8. The van der Waals surface area contributed by atoms with Crippen LogP contribution < -0.4 is 4.31 Å². The van der Waals surface area contributed by atoms with Crippen molar-refractivity contribution in [2.24, 2.45) is 5.92 Å². The summed E-state index contributed by atoms with van der Waals surface area (Å²) in [5, 5.41) is 0. The number of sulfonamides is 1. The molecule has 0 spiro atoms. The number of carbonyl (C=O) groups excluding carboxylic acids is 1. The number of anilines is 1. The molecule has 2 atom stereocenters. The Balaban J connectivity index is 2.28. The molecule has 1 aromatic carbocycles. The molecule has 1 saturated heterocycles. The Morgan fingerprint density at radius 3 is 2.43 bits per heavy atom. The highest BCUT2D eigenvalue weighted by molar-refractivity contribution is 7.92. The topological polar surface area (TPSA) is 57.7 Å². The van der Waals surface area contributed by atoms with Crippen molar-refractivity contribution in [2.45, 2.75) is 39.7 Å². The summed E-state index contributed by atoms with van der Waals surface area (Å²) in [5.74, 6) is 0.341. The minimum Gasteiger partial charge on any atom is -0.341 e. The van der Waals surface area contributed by atoms with E-state index in [1.165, 1.54) is 4.31 Å². The number of amides is 1. The Kier molecular flexibility index (Phi) is 5.34. The molecular weight excluding hydrogens is 312 g/mol. The molecule has 0 radical (unpaired) electrons. The van der Waals surface area contributed by atoms with Gasteiger partial charge in [-0.15, -0.1) is 0 Å². The van der Waals surface area contributed by atoms with E-state index in [0.717, 1.165) is 24.7 Å². The average molecular weight is 338 g/mol. The van der Waals surface area contributed by atoms with Gasteiger partial charge in [-0.1, -0.05) is 24.6 Å². The first-order chi connectivity index (χ1) is 10.7. The van der Waals surface area contributed by atoms with E-state index in [4.69, 9.17) is 0 Å². The fourth-order valence-electron chi connectivity index (χ4n) is 3.15. The van der Waals surface area contributed by atoms with E-state index in [-0.39, 0.29) is 5.91 Å². The molecule has 6 heteroatoms. The number of likely N-dealkylation sites (tertiary alicyclic amines) is 1. The Hall–Kier alpha value is -1.56. The predicted octanol–water partition coefficient (Wildman–Crippen LogP) is 2.41. The molecule has 1 amide bonds. The lowest BCUT2D eigenvalue weighted by molar-refractivity contribution is -0.133. The highest BCUT2D eigenvalue weighted by Gasteiger charge is 2.33. The fraction of sp³-hybridized carbons (Fsp3) is 0.588. The summed E-state index contributed by atoms with van der Waals surface area (Å²) in [7, 11) is -3.54.